The number of anilines is 1. The number of carbonyl (C=O) groups excluding carboxylic acids is 1. The molecular formula is C32H42N6O. The first-order valence-electron chi connectivity index (χ1n) is 15.1. The summed E-state index contributed by atoms with van der Waals surface area (Å²) in [6, 6.07) is 8.80. The zero-order valence-electron chi connectivity index (χ0n) is 23.4. The van der Waals surface area contributed by atoms with Crippen molar-refractivity contribution in [2.75, 3.05) is 38.0 Å². The maximum atomic E-state index is 13.1. The lowest BCUT2D eigenvalue weighted by atomic mass is 9.72. The van der Waals surface area contributed by atoms with E-state index >= 15 is 0 Å². The van der Waals surface area contributed by atoms with Crippen LogP contribution in [0.2, 0.25) is 0 Å². The van der Waals surface area contributed by atoms with Crippen LogP contribution in [0.15, 0.2) is 30.5 Å². The molecule has 1 amide bonds. The van der Waals surface area contributed by atoms with Gasteiger partial charge in [-0.2, -0.15) is 5.26 Å². The number of allylic oxidation sites excluding steroid dienone is 2. The average molecular weight is 527 g/mol. The van der Waals surface area contributed by atoms with Crippen LogP contribution < -0.4 is 5.32 Å². The van der Waals surface area contributed by atoms with Gasteiger partial charge in [-0.3, -0.25) is 9.69 Å². The van der Waals surface area contributed by atoms with Gasteiger partial charge in [-0.1, -0.05) is 44.7 Å². The first-order chi connectivity index (χ1) is 19.0. The van der Waals surface area contributed by atoms with Gasteiger partial charge in [0.05, 0.1) is 0 Å². The number of likely N-dealkylation sites (N-methyl/N-ethyl adjacent to an activating group) is 1. The van der Waals surface area contributed by atoms with Crippen LogP contribution in [0.5, 0.6) is 0 Å². The molecule has 7 nitrogen and oxygen atoms in total. The van der Waals surface area contributed by atoms with Crippen molar-refractivity contribution in [3.05, 3.63) is 53.1 Å². The van der Waals surface area contributed by atoms with E-state index in [1.165, 1.54) is 80.7 Å². The third kappa shape index (κ3) is 5.05. The molecular weight excluding hydrogens is 484 g/mol. The maximum Gasteiger partial charge on any atom is 0.291 e. The molecule has 1 aliphatic heterocycles. The van der Waals surface area contributed by atoms with E-state index in [0.29, 0.717) is 5.41 Å². The Bertz CT molecular complexity index is 1270. The van der Waals surface area contributed by atoms with Gasteiger partial charge in [-0.05, 0) is 80.2 Å². The minimum atomic E-state index is -0.305. The average Bonchev–Trinajstić information content (AvgIpc) is 3.76. The highest BCUT2D eigenvalue weighted by Crippen LogP contribution is 2.51. The molecule has 1 aromatic carbocycles. The molecule has 2 saturated carbocycles. The van der Waals surface area contributed by atoms with Gasteiger partial charge in [0.25, 0.3) is 5.91 Å². The van der Waals surface area contributed by atoms with E-state index in [1.54, 1.807) is 0 Å². The van der Waals surface area contributed by atoms with E-state index in [9.17, 15) is 4.79 Å². The zero-order chi connectivity index (χ0) is 26.9. The number of hydrogen-bond donors (Lipinski definition) is 2. The quantitative estimate of drug-likeness (QED) is 0.477. The summed E-state index contributed by atoms with van der Waals surface area (Å²) >= 11 is 0. The first-order valence-corrected chi connectivity index (χ1v) is 15.1. The Balaban J connectivity index is 1.34. The number of aromatic amines is 1. The second-order valence-electron chi connectivity index (χ2n) is 12.3. The fraction of sp³-hybridized carbons (Fsp3) is 0.594. The summed E-state index contributed by atoms with van der Waals surface area (Å²) < 4.78 is 0. The topological polar surface area (TPSA) is 88.0 Å². The van der Waals surface area contributed by atoms with Gasteiger partial charge < -0.3 is 15.2 Å². The summed E-state index contributed by atoms with van der Waals surface area (Å²) in [5.74, 6) is -0.134. The summed E-state index contributed by atoms with van der Waals surface area (Å²) in [7, 11) is 0. The maximum absolute atomic E-state index is 13.1. The standard InChI is InChI=1S/C32H42N6O/c1-2-37-17-19-38(20-18-37)32(13-5-6-14-32)25-7-8-28(36-30(39)29-34-23-26(22-33)35-29)27(21-25)24-9-15-31(16-10-24)11-3-4-12-31/h7-9,21,23H,2-6,10-20H2,1H3,(H,34,35)(H,36,39). The molecule has 39 heavy (non-hydrogen) atoms. The molecule has 0 bridgehead atoms. The molecule has 3 aliphatic carbocycles. The number of rotatable bonds is 6. The Labute approximate surface area is 232 Å². The van der Waals surface area contributed by atoms with E-state index < -0.39 is 0 Å². The number of nitrogens with one attached hydrogen (secondary N) is 2. The molecule has 0 unspecified atom stereocenters. The molecule has 3 fully saturated rings. The molecule has 4 aliphatic rings. The number of carbonyl (C=O) groups is 1. The highest BCUT2D eigenvalue weighted by atomic mass is 16.2. The van der Waals surface area contributed by atoms with Gasteiger partial charge in [0.1, 0.15) is 6.07 Å². The molecule has 1 spiro atoms. The van der Waals surface area contributed by atoms with Gasteiger partial charge >= 0.3 is 0 Å². The number of nitriles is 1. The molecule has 0 atom stereocenters. The summed E-state index contributed by atoms with van der Waals surface area (Å²) in [6.07, 6.45) is 17.8. The Morgan fingerprint density at radius 3 is 2.46 bits per heavy atom. The van der Waals surface area contributed by atoms with Gasteiger partial charge in [0.2, 0.25) is 0 Å². The molecule has 2 heterocycles. The third-order valence-corrected chi connectivity index (χ3v) is 10.3. The number of H-pyrrole nitrogens is 1. The van der Waals surface area contributed by atoms with E-state index in [4.69, 9.17) is 5.26 Å². The Morgan fingerprint density at radius 1 is 1.08 bits per heavy atom. The summed E-state index contributed by atoms with van der Waals surface area (Å²) in [4.78, 5) is 25.4. The number of aromatic nitrogens is 2. The third-order valence-electron chi connectivity index (χ3n) is 10.3. The summed E-state index contributed by atoms with van der Waals surface area (Å²) in [5.41, 5.74) is 5.59. The number of amides is 1. The van der Waals surface area contributed by atoms with Crippen molar-refractivity contribution in [2.45, 2.75) is 83.1 Å². The smallest absolute Gasteiger partial charge is 0.291 e. The van der Waals surface area contributed by atoms with Gasteiger partial charge in [-0.15, -0.1) is 0 Å². The summed E-state index contributed by atoms with van der Waals surface area (Å²) in [5, 5.41) is 12.3. The lowest BCUT2D eigenvalue weighted by molar-refractivity contribution is 0.0339. The molecule has 7 heteroatoms. The monoisotopic (exact) mass is 526 g/mol. The van der Waals surface area contributed by atoms with E-state index in [1.807, 2.05) is 6.07 Å². The lowest BCUT2D eigenvalue weighted by Gasteiger charge is -2.46. The van der Waals surface area contributed by atoms with Crippen LogP contribution in [0.3, 0.4) is 0 Å². The molecule has 1 aromatic heterocycles. The van der Waals surface area contributed by atoms with Crippen LogP contribution in [0.1, 0.15) is 105 Å². The molecule has 2 N–H and O–H groups in total. The van der Waals surface area contributed by atoms with Crippen LogP contribution in [0.25, 0.3) is 5.57 Å². The number of nitrogens with zero attached hydrogens (tertiary/aromatic N) is 4. The van der Waals surface area contributed by atoms with Crippen molar-refractivity contribution >= 4 is 17.2 Å². The minimum absolute atomic E-state index is 0.0851. The van der Waals surface area contributed by atoms with Gasteiger partial charge in [0.15, 0.2) is 11.5 Å². The molecule has 1 saturated heterocycles. The highest BCUT2D eigenvalue weighted by molar-refractivity contribution is 6.03. The Hall–Kier alpha value is -2.95. The zero-order valence-corrected chi connectivity index (χ0v) is 23.4. The molecule has 0 radical (unpaired) electrons. The minimum Gasteiger partial charge on any atom is -0.339 e. The number of hydrogen-bond acceptors (Lipinski definition) is 5. The molecule has 6 rings (SSSR count). The van der Waals surface area contributed by atoms with Crippen molar-refractivity contribution in [2.24, 2.45) is 5.41 Å². The van der Waals surface area contributed by atoms with E-state index in [2.05, 4.69) is 56.3 Å². The van der Waals surface area contributed by atoms with Gasteiger partial charge in [-0.25, -0.2) is 4.98 Å². The van der Waals surface area contributed by atoms with Crippen LogP contribution in [0.4, 0.5) is 5.69 Å². The Morgan fingerprint density at radius 2 is 1.82 bits per heavy atom. The second kappa shape index (κ2) is 10.9. The SMILES string of the molecule is CCN1CCN(C2(c3ccc(NC(=O)c4nc(C#N)c[nH]4)c(C4=CCC5(CCCC5)CC4)c3)CCCC2)CC1. The van der Waals surface area contributed by atoms with Gasteiger partial charge in [0, 0.05) is 49.2 Å². The fourth-order valence-electron chi connectivity index (χ4n) is 7.89. The normalized spacial score (nSPS) is 23.0. The first kappa shape index (κ1) is 26.3. The highest BCUT2D eigenvalue weighted by Gasteiger charge is 2.43. The predicted molar refractivity (Wildman–Crippen MR) is 154 cm³/mol. The number of imidazole rings is 1. The van der Waals surface area contributed by atoms with E-state index in [-0.39, 0.29) is 23.0 Å². The van der Waals surface area contributed by atoms with Crippen LogP contribution in [-0.4, -0.2) is 58.4 Å². The Kier molecular flexibility index (Phi) is 7.35. The molecule has 206 valence electrons. The van der Waals surface area contributed by atoms with Crippen molar-refractivity contribution in [3.63, 3.8) is 0 Å². The largest absolute Gasteiger partial charge is 0.339 e. The number of piperazine rings is 1. The molecule has 2 aromatic rings. The van der Waals surface area contributed by atoms with Crippen molar-refractivity contribution in [1.82, 2.24) is 19.8 Å². The van der Waals surface area contributed by atoms with Crippen LogP contribution >= 0.6 is 0 Å². The predicted octanol–water partition coefficient (Wildman–Crippen LogP) is 6.07. The van der Waals surface area contributed by atoms with Crippen molar-refractivity contribution < 1.29 is 4.79 Å². The second-order valence-corrected chi connectivity index (χ2v) is 12.3. The van der Waals surface area contributed by atoms with E-state index in [0.717, 1.165) is 51.3 Å². The van der Waals surface area contributed by atoms with Crippen LogP contribution in [0, 0.1) is 16.7 Å². The lowest BCUT2D eigenvalue weighted by Crippen LogP contribution is -2.54. The van der Waals surface area contributed by atoms with Crippen molar-refractivity contribution in [1.29, 1.82) is 5.26 Å². The summed E-state index contributed by atoms with van der Waals surface area (Å²) in [6.45, 7) is 7.90. The van der Waals surface area contributed by atoms with Crippen LogP contribution in [-0.2, 0) is 5.54 Å². The fourth-order valence-corrected chi connectivity index (χ4v) is 7.89. The number of benzene rings is 1. The van der Waals surface area contributed by atoms with Crippen molar-refractivity contribution in [3.8, 4) is 6.07 Å².